The van der Waals surface area contributed by atoms with E-state index in [-0.39, 0.29) is 23.1 Å². The van der Waals surface area contributed by atoms with E-state index in [9.17, 15) is 18.3 Å². The van der Waals surface area contributed by atoms with Crippen LogP contribution in [0.2, 0.25) is 0 Å². The molecule has 0 aromatic heterocycles. The van der Waals surface area contributed by atoms with Crippen molar-refractivity contribution < 1.29 is 18.3 Å². The predicted octanol–water partition coefficient (Wildman–Crippen LogP) is 2.10. The maximum Gasteiger partial charge on any atom is 0.338 e. The van der Waals surface area contributed by atoms with Gasteiger partial charge in [0.1, 0.15) is 0 Å². The second kappa shape index (κ2) is 6.05. The summed E-state index contributed by atoms with van der Waals surface area (Å²) in [6, 6.07) is 5.04. The Morgan fingerprint density at radius 1 is 1.50 bits per heavy atom. The summed E-state index contributed by atoms with van der Waals surface area (Å²) in [5.74, 6) is 0.0137. The van der Waals surface area contributed by atoms with Gasteiger partial charge in [-0.3, -0.25) is 0 Å². The Morgan fingerprint density at radius 2 is 2.25 bits per heavy atom. The van der Waals surface area contributed by atoms with Crippen LogP contribution >= 0.6 is 11.8 Å². The first-order valence-electron chi connectivity index (χ1n) is 6.39. The maximum atomic E-state index is 11.5. The number of aromatic carboxylic acids is 1. The third-order valence-electron chi connectivity index (χ3n) is 3.13. The van der Waals surface area contributed by atoms with Gasteiger partial charge in [-0.05, 0) is 24.3 Å². The third-order valence-corrected chi connectivity index (χ3v) is 5.84. The normalized spacial score (nSPS) is 20.8. The van der Waals surface area contributed by atoms with Crippen molar-refractivity contribution in [3.63, 3.8) is 0 Å². The molecule has 0 radical (unpaired) electrons. The van der Waals surface area contributed by atoms with Gasteiger partial charge >= 0.3 is 5.97 Å². The molecule has 7 heteroatoms. The summed E-state index contributed by atoms with van der Waals surface area (Å²) in [6.07, 6.45) is 0.520. The second-order valence-corrected chi connectivity index (χ2v) is 8.20. The molecule has 20 heavy (non-hydrogen) atoms. The molecular weight excluding hydrogens is 298 g/mol. The quantitative estimate of drug-likeness (QED) is 0.810. The van der Waals surface area contributed by atoms with E-state index >= 15 is 0 Å². The Kier molecular flexibility index (Phi) is 4.59. The number of carboxylic acid groups (broad SMARTS) is 1. The number of hydrogen-bond donors (Lipinski definition) is 2. The van der Waals surface area contributed by atoms with Gasteiger partial charge in [-0.1, -0.05) is 13.0 Å². The SMILES string of the molecule is CCSc1cccc(NC2CCS(=O)(=O)C2)c1C(=O)O. The summed E-state index contributed by atoms with van der Waals surface area (Å²) in [5, 5.41) is 12.5. The van der Waals surface area contributed by atoms with Crippen molar-refractivity contribution in [1.82, 2.24) is 0 Å². The van der Waals surface area contributed by atoms with Crippen molar-refractivity contribution in [3.8, 4) is 0 Å². The number of anilines is 1. The lowest BCUT2D eigenvalue weighted by atomic mass is 10.1. The van der Waals surface area contributed by atoms with E-state index in [2.05, 4.69) is 5.32 Å². The first-order valence-corrected chi connectivity index (χ1v) is 9.19. The molecule has 2 N–H and O–H groups in total. The van der Waals surface area contributed by atoms with Crippen molar-refractivity contribution in [1.29, 1.82) is 0 Å². The number of carbonyl (C=O) groups is 1. The van der Waals surface area contributed by atoms with Crippen LogP contribution in [0.15, 0.2) is 23.1 Å². The van der Waals surface area contributed by atoms with E-state index in [0.29, 0.717) is 17.0 Å². The highest BCUT2D eigenvalue weighted by atomic mass is 32.2. The van der Waals surface area contributed by atoms with Crippen molar-refractivity contribution in [2.45, 2.75) is 24.3 Å². The van der Waals surface area contributed by atoms with Gasteiger partial charge in [-0.2, -0.15) is 0 Å². The largest absolute Gasteiger partial charge is 0.478 e. The monoisotopic (exact) mass is 315 g/mol. The van der Waals surface area contributed by atoms with E-state index in [1.807, 2.05) is 6.92 Å². The number of carboxylic acids is 1. The highest BCUT2D eigenvalue weighted by Gasteiger charge is 2.29. The van der Waals surface area contributed by atoms with Crippen molar-refractivity contribution in [3.05, 3.63) is 23.8 Å². The Labute approximate surface area is 122 Å². The zero-order valence-corrected chi connectivity index (χ0v) is 12.8. The van der Waals surface area contributed by atoms with E-state index < -0.39 is 15.8 Å². The number of sulfone groups is 1. The number of nitrogens with one attached hydrogen (secondary N) is 1. The molecule has 0 aliphatic carbocycles. The molecule has 110 valence electrons. The van der Waals surface area contributed by atoms with Gasteiger partial charge in [0.05, 0.1) is 22.8 Å². The first-order chi connectivity index (χ1) is 9.43. The smallest absolute Gasteiger partial charge is 0.338 e. The fraction of sp³-hybridized carbons (Fsp3) is 0.462. The topological polar surface area (TPSA) is 83.5 Å². The summed E-state index contributed by atoms with van der Waals surface area (Å²) in [6.45, 7) is 1.96. The predicted molar refractivity (Wildman–Crippen MR) is 80.5 cm³/mol. The molecule has 5 nitrogen and oxygen atoms in total. The summed E-state index contributed by atoms with van der Waals surface area (Å²) < 4.78 is 22.9. The molecule has 0 bridgehead atoms. The van der Waals surface area contributed by atoms with Gasteiger partial charge in [0, 0.05) is 10.9 Å². The molecule has 1 aromatic rings. The molecule has 1 heterocycles. The third kappa shape index (κ3) is 3.46. The first kappa shape index (κ1) is 15.2. The molecular formula is C13H17NO4S2. The molecule has 0 saturated carbocycles. The average molecular weight is 315 g/mol. The molecule has 2 rings (SSSR count). The summed E-state index contributed by atoms with van der Waals surface area (Å²) in [4.78, 5) is 12.1. The highest BCUT2D eigenvalue weighted by molar-refractivity contribution is 7.99. The van der Waals surface area contributed by atoms with E-state index in [0.717, 1.165) is 5.75 Å². The molecule has 1 fully saturated rings. The Hall–Kier alpha value is -1.21. The lowest BCUT2D eigenvalue weighted by molar-refractivity contribution is 0.0694. The number of rotatable bonds is 5. The molecule has 1 aliphatic rings. The molecule has 1 saturated heterocycles. The number of hydrogen-bond acceptors (Lipinski definition) is 5. The van der Waals surface area contributed by atoms with Crippen molar-refractivity contribution in [2.75, 3.05) is 22.6 Å². The minimum atomic E-state index is -2.98. The maximum absolute atomic E-state index is 11.5. The van der Waals surface area contributed by atoms with Crippen LogP contribution in [0.3, 0.4) is 0 Å². The van der Waals surface area contributed by atoms with Gasteiger partial charge in [0.2, 0.25) is 0 Å². The summed E-state index contributed by atoms with van der Waals surface area (Å²) in [5.41, 5.74) is 0.724. The Bertz CT molecular complexity index is 613. The molecule has 1 unspecified atom stereocenters. The van der Waals surface area contributed by atoms with Crippen LogP contribution in [0.1, 0.15) is 23.7 Å². The molecule has 0 spiro atoms. The van der Waals surface area contributed by atoms with Gasteiger partial charge in [-0.25, -0.2) is 13.2 Å². The van der Waals surface area contributed by atoms with E-state index in [1.54, 1.807) is 18.2 Å². The molecule has 1 atom stereocenters. The van der Waals surface area contributed by atoms with Crippen LogP contribution in [-0.2, 0) is 9.84 Å². The molecule has 1 aromatic carbocycles. The number of benzene rings is 1. The Morgan fingerprint density at radius 3 is 2.80 bits per heavy atom. The van der Waals surface area contributed by atoms with Crippen LogP contribution in [0.5, 0.6) is 0 Å². The summed E-state index contributed by atoms with van der Waals surface area (Å²) in [7, 11) is -2.98. The van der Waals surface area contributed by atoms with Crippen molar-refractivity contribution >= 4 is 33.3 Å². The van der Waals surface area contributed by atoms with Gasteiger partial charge in [-0.15, -0.1) is 11.8 Å². The minimum Gasteiger partial charge on any atom is -0.478 e. The van der Waals surface area contributed by atoms with Crippen LogP contribution in [0.4, 0.5) is 5.69 Å². The highest BCUT2D eigenvalue weighted by Crippen LogP contribution is 2.30. The Balaban J connectivity index is 2.27. The second-order valence-electron chi connectivity index (χ2n) is 4.66. The van der Waals surface area contributed by atoms with Crippen LogP contribution in [0, 0.1) is 0 Å². The van der Waals surface area contributed by atoms with Gasteiger partial charge in [0.25, 0.3) is 0 Å². The lowest BCUT2D eigenvalue weighted by Gasteiger charge is -2.16. The van der Waals surface area contributed by atoms with E-state index in [1.165, 1.54) is 11.8 Å². The zero-order valence-electron chi connectivity index (χ0n) is 11.1. The molecule has 0 amide bonds. The van der Waals surface area contributed by atoms with Gasteiger partial charge in [0.15, 0.2) is 9.84 Å². The van der Waals surface area contributed by atoms with Crippen LogP contribution in [0.25, 0.3) is 0 Å². The summed E-state index contributed by atoms with van der Waals surface area (Å²) >= 11 is 1.46. The fourth-order valence-corrected chi connectivity index (χ4v) is 4.78. The lowest BCUT2D eigenvalue weighted by Crippen LogP contribution is -2.22. The van der Waals surface area contributed by atoms with Gasteiger partial charge < -0.3 is 10.4 Å². The van der Waals surface area contributed by atoms with Crippen molar-refractivity contribution in [2.24, 2.45) is 0 Å². The standard InChI is InChI=1S/C13H17NO4S2/c1-2-19-11-5-3-4-10(12(11)13(15)16)14-9-6-7-20(17,18)8-9/h3-5,9,14H,2,6-8H2,1H3,(H,15,16). The fourth-order valence-electron chi connectivity index (χ4n) is 2.28. The number of thioether (sulfide) groups is 1. The minimum absolute atomic E-state index is 0.0667. The van der Waals surface area contributed by atoms with Crippen LogP contribution < -0.4 is 5.32 Å². The van der Waals surface area contributed by atoms with Crippen LogP contribution in [-0.4, -0.2) is 42.8 Å². The molecule has 1 aliphatic heterocycles. The zero-order chi connectivity index (χ0) is 14.8. The average Bonchev–Trinajstić information content (AvgIpc) is 2.69. The van der Waals surface area contributed by atoms with E-state index in [4.69, 9.17) is 0 Å².